The van der Waals surface area contributed by atoms with E-state index in [-0.39, 0.29) is 18.9 Å². The van der Waals surface area contributed by atoms with Gasteiger partial charge in [-0.1, -0.05) is 18.2 Å². The second-order valence-corrected chi connectivity index (χ2v) is 5.85. The van der Waals surface area contributed by atoms with Crippen molar-refractivity contribution in [3.63, 3.8) is 0 Å². The summed E-state index contributed by atoms with van der Waals surface area (Å²) in [5.74, 6) is -0.818. The van der Waals surface area contributed by atoms with Crippen LogP contribution in [0.5, 0.6) is 0 Å². The molecule has 6 nitrogen and oxygen atoms in total. The van der Waals surface area contributed by atoms with Gasteiger partial charge in [-0.3, -0.25) is 9.59 Å². The van der Waals surface area contributed by atoms with Crippen LogP contribution in [0.2, 0.25) is 0 Å². The fourth-order valence-corrected chi connectivity index (χ4v) is 2.95. The van der Waals surface area contributed by atoms with Crippen molar-refractivity contribution >= 4 is 22.8 Å². The van der Waals surface area contributed by atoms with E-state index in [1.165, 1.54) is 0 Å². The third-order valence-electron chi connectivity index (χ3n) is 4.18. The lowest BCUT2D eigenvalue weighted by atomic mass is 10.1. The lowest BCUT2D eigenvalue weighted by Crippen LogP contribution is -2.46. The molecule has 1 atom stereocenters. The summed E-state index contributed by atoms with van der Waals surface area (Å²) >= 11 is 0. The topological polar surface area (TPSA) is 80.0 Å². The summed E-state index contributed by atoms with van der Waals surface area (Å²) in [6.45, 7) is 4.85. The number of carboxylic acid groups (broad SMARTS) is 1. The fourth-order valence-electron chi connectivity index (χ4n) is 2.95. The zero-order chi connectivity index (χ0) is 16.6. The van der Waals surface area contributed by atoms with Gasteiger partial charge < -0.3 is 19.2 Å². The molecule has 2 heterocycles. The predicted molar refractivity (Wildman–Crippen MR) is 83.6 cm³/mol. The summed E-state index contributed by atoms with van der Waals surface area (Å²) in [6, 6.07) is 5.81. The van der Waals surface area contributed by atoms with Crippen LogP contribution in [0.3, 0.4) is 0 Å². The minimum absolute atomic E-state index is 0.109. The number of hydrogen-bond donors (Lipinski definition) is 1. The second-order valence-electron chi connectivity index (χ2n) is 5.85. The summed E-state index contributed by atoms with van der Waals surface area (Å²) in [6.07, 6.45) is -0.584. The van der Waals surface area contributed by atoms with Crippen molar-refractivity contribution in [3.05, 3.63) is 35.1 Å². The van der Waals surface area contributed by atoms with E-state index >= 15 is 0 Å². The smallest absolute Gasteiger partial charge is 0.306 e. The monoisotopic (exact) mass is 317 g/mol. The average Bonchev–Trinajstić information content (AvgIpc) is 2.85. The zero-order valence-electron chi connectivity index (χ0n) is 13.2. The molecule has 0 aliphatic carbocycles. The highest BCUT2D eigenvalue weighted by Gasteiger charge is 2.29. The quantitative estimate of drug-likeness (QED) is 0.940. The van der Waals surface area contributed by atoms with Crippen molar-refractivity contribution in [1.82, 2.24) is 4.90 Å². The number of amides is 1. The summed E-state index contributed by atoms with van der Waals surface area (Å²) in [5, 5.41) is 9.81. The number of furan rings is 1. The third-order valence-corrected chi connectivity index (χ3v) is 4.18. The molecule has 1 aliphatic rings. The molecule has 3 rings (SSSR count). The van der Waals surface area contributed by atoms with E-state index in [2.05, 4.69) is 0 Å². The van der Waals surface area contributed by atoms with Crippen LogP contribution < -0.4 is 0 Å². The fraction of sp³-hybridized carbons (Fsp3) is 0.412. The van der Waals surface area contributed by atoms with Gasteiger partial charge in [0.1, 0.15) is 5.58 Å². The number of carbonyl (C=O) groups is 2. The zero-order valence-corrected chi connectivity index (χ0v) is 13.2. The normalized spacial score (nSPS) is 18.3. The maximum Gasteiger partial charge on any atom is 0.306 e. The van der Waals surface area contributed by atoms with Gasteiger partial charge in [0.15, 0.2) is 5.76 Å². The number of fused-ring (bicyclic) bond motifs is 1. The molecule has 23 heavy (non-hydrogen) atoms. The second kappa shape index (κ2) is 6.04. The van der Waals surface area contributed by atoms with Gasteiger partial charge in [0.2, 0.25) is 0 Å². The number of rotatable bonds is 3. The summed E-state index contributed by atoms with van der Waals surface area (Å²) in [5.41, 5.74) is 2.52. The SMILES string of the molecule is Cc1c(C(=O)N2CCO[C@@H](CC(=O)O)C2)oc2c(C)cccc12. The molecule has 1 aromatic carbocycles. The van der Waals surface area contributed by atoms with Gasteiger partial charge in [-0.2, -0.15) is 0 Å². The number of benzene rings is 1. The van der Waals surface area contributed by atoms with Gasteiger partial charge in [0.05, 0.1) is 19.1 Å². The predicted octanol–water partition coefficient (Wildman–Crippen LogP) is 2.37. The highest BCUT2D eigenvalue weighted by molar-refractivity contribution is 5.99. The molecule has 0 radical (unpaired) electrons. The van der Waals surface area contributed by atoms with Crippen LogP contribution in [-0.2, 0) is 9.53 Å². The van der Waals surface area contributed by atoms with Gasteiger partial charge in [-0.05, 0) is 19.4 Å². The first-order valence-electron chi connectivity index (χ1n) is 7.58. The molecule has 0 unspecified atom stereocenters. The summed E-state index contributed by atoms with van der Waals surface area (Å²) in [4.78, 5) is 25.2. The van der Waals surface area contributed by atoms with Crippen LogP contribution >= 0.6 is 0 Å². The molecular formula is C17H19NO5. The van der Waals surface area contributed by atoms with E-state index in [0.29, 0.717) is 18.9 Å². The van der Waals surface area contributed by atoms with Gasteiger partial charge in [0, 0.05) is 24.0 Å². The van der Waals surface area contributed by atoms with Crippen LogP contribution in [-0.4, -0.2) is 47.7 Å². The number of para-hydroxylation sites is 1. The molecule has 1 aliphatic heterocycles. The molecule has 1 amide bonds. The van der Waals surface area contributed by atoms with Crippen LogP contribution in [0.25, 0.3) is 11.0 Å². The average molecular weight is 317 g/mol. The first-order valence-corrected chi connectivity index (χ1v) is 7.58. The molecule has 0 spiro atoms. The van der Waals surface area contributed by atoms with E-state index in [0.717, 1.165) is 22.1 Å². The Bertz CT molecular complexity index is 764. The Morgan fingerprint density at radius 3 is 2.83 bits per heavy atom. The number of nitrogens with zero attached hydrogens (tertiary/aromatic N) is 1. The lowest BCUT2D eigenvalue weighted by Gasteiger charge is -2.31. The molecule has 6 heteroatoms. The van der Waals surface area contributed by atoms with Crippen LogP contribution in [0.15, 0.2) is 22.6 Å². The minimum Gasteiger partial charge on any atom is -0.481 e. The number of ether oxygens (including phenoxy) is 1. The Kier molecular flexibility index (Phi) is 4.09. The third kappa shape index (κ3) is 2.94. The van der Waals surface area contributed by atoms with Crippen LogP contribution in [0.1, 0.15) is 28.1 Å². The van der Waals surface area contributed by atoms with E-state index in [1.807, 2.05) is 32.0 Å². The number of morpholine rings is 1. The maximum atomic E-state index is 12.8. The molecule has 1 saturated heterocycles. The van der Waals surface area contributed by atoms with Crippen LogP contribution in [0.4, 0.5) is 0 Å². The van der Waals surface area contributed by atoms with Crippen molar-refractivity contribution in [2.75, 3.05) is 19.7 Å². The number of carbonyl (C=O) groups excluding carboxylic acids is 1. The molecule has 1 fully saturated rings. The molecule has 2 aromatic rings. The Morgan fingerprint density at radius 2 is 2.13 bits per heavy atom. The van der Waals surface area contributed by atoms with Gasteiger partial charge in [0.25, 0.3) is 5.91 Å². The first kappa shape index (κ1) is 15.6. The minimum atomic E-state index is -0.931. The number of aliphatic carboxylic acids is 1. The van der Waals surface area contributed by atoms with Crippen molar-refractivity contribution in [1.29, 1.82) is 0 Å². The largest absolute Gasteiger partial charge is 0.481 e. The van der Waals surface area contributed by atoms with Gasteiger partial charge in [-0.25, -0.2) is 0 Å². The van der Waals surface area contributed by atoms with Crippen LogP contribution in [0, 0.1) is 13.8 Å². The highest BCUT2D eigenvalue weighted by Crippen LogP contribution is 2.29. The molecule has 0 bridgehead atoms. The summed E-state index contributed by atoms with van der Waals surface area (Å²) < 4.78 is 11.2. The number of aryl methyl sites for hydroxylation is 2. The lowest BCUT2D eigenvalue weighted by molar-refractivity contribution is -0.141. The Balaban J connectivity index is 1.87. The molecule has 0 saturated carbocycles. The maximum absolute atomic E-state index is 12.8. The van der Waals surface area contributed by atoms with Gasteiger partial charge in [-0.15, -0.1) is 0 Å². The molecule has 122 valence electrons. The van der Waals surface area contributed by atoms with Crippen molar-refractivity contribution in [2.24, 2.45) is 0 Å². The summed E-state index contributed by atoms with van der Waals surface area (Å²) in [7, 11) is 0. The number of hydrogen-bond acceptors (Lipinski definition) is 4. The van der Waals surface area contributed by atoms with Crippen molar-refractivity contribution in [2.45, 2.75) is 26.4 Å². The Hall–Kier alpha value is -2.34. The molecule has 1 aromatic heterocycles. The molecule has 1 N–H and O–H groups in total. The van der Waals surface area contributed by atoms with E-state index < -0.39 is 12.1 Å². The van der Waals surface area contributed by atoms with E-state index in [1.54, 1.807) is 4.90 Å². The van der Waals surface area contributed by atoms with Gasteiger partial charge >= 0.3 is 5.97 Å². The van der Waals surface area contributed by atoms with E-state index in [4.69, 9.17) is 14.3 Å². The Labute approximate surface area is 133 Å². The standard InChI is InChI=1S/C17H19NO5/c1-10-4-3-5-13-11(2)16(23-15(10)13)17(21)18-6-7-22-12(9-18)8-14(19)20/h3-5,12H,6-9H2,1-2H3,(H,19,20)/t12-/m0/s1. The first-order chi connectivity index (χ1) is 11.0. The molecular weight excluding hydrogens is 298 g/mol. The van der Waals surface area contributed by atoms with Crippen molar-refractivity contribution in [3.8, 4) is 0 Å². The Morgan fingerprint density at radius 1 is 1.35 bits per heavy atom. The van der Waals surface area contributed by atoms with Crippen molar-refractivity contribution < 1.29 is 23.8 Å². The highest BCUT2D eigenvalue weighted by atomic mass is 16.5. The number of carboxylic acids is 1. The van der Waals surface area contributed by atoms with E-state index in [9.17, 15) is 9.59 Å².